The second kappa shape index (κ2) is 6.03. The molecule has 18 heavy (non-hydrogen) atoms. The third kappa shape index (κ3) is 3.34. The van der Waals surface area contributed by atoms with Crippen LogP contribution in [0.25, 0.3) is 0 Å². The molecule has 0 amide bonds. The van der Waals surface area contributed by atoms with E-state index < -0.39 is 10.0 Å². The Labute approximate surface area is 108 Å². The predicted octanol–water partition coefficient (Wildman–Crippen LogP) is 0.389. The highest BCUT2D eigenvalue weighted by Gasteiger charge is 2.17. The number of likely N-dealkylation sites (N-methyl/N-ethyl adjacent to an activating group) is 1. The fraction of sp³-hybridized carbons (Fsp3) is 0.455. The molecule has 0 aliphatic rings. The van der Waals surface area contributed by atoms with Crippen molar-refractivity contribution in [3.8, 4) is 0 Å². The Morgan fingerprint density at radius 1 is 1.39 bits per heavy atom. The summed E-state index contributed by atoms with van der Waals surface area (Å²) in [5.74, 6) is 0. The van der Waals surface area contributed by atoms with Gasteiger partial charge in [0, 0.05) is 20.2 Å². The molecule has 0 unspecified atom stereocenters. The number of nitrogens with two attached hydrogens (primary N) is 2. The molecular weight excluding hydrogens is 254 g/mol. The van der Waals surface area contributed by atoms with Gasteiger partial charge in [-0.2, -0.15) is 0 Å². The van der Waals surface area contributed by atoms with Crippen molar-refractivity contribution in [2.45, 2.75) is 11.8 Å². The Balaban J connectivity index is 3.17. The van der Waals surface area contributed by atoms with Crippen LogP contribution in [-0.4, -0.2) is 35.2 Å². The predicted molar refractivity (Wildman–Crippen MR) is 72.0 cm³/mol. The summed E-state index contributed by atoms with van der Waals surface area (Å²) < 4.78 is 27.8. The fourth-order valence-corrected chi connectivity index (χ4v) is 2.39. The minimum atomic E-state index is -3.80. The molecule has 0 atom stereocenters. The highest BCUT2D eigenvalue weighted by Crippen LogP contribution is 2.28. The van der Waals surface area contributed by atoms with E-state index in [2.05, 4.69) is 0 Å². The maximum atomic E-state index is 11.4. The van der Waals surface area contributed by atoms with Gasteiger partial charge in [-0.25, -0.2) is 13.6 Å². The van der Waals surface area contributed by atoms with E-state index in [-0.39, 0.29) is 10.6 Å². The summed E-state index contributed by atoms with van der Waals surface area (Å²) in [5, 5.41) is 5.12. The van der Waals surface area contributed by atoms with E-state index in [1.807, 2.05) is 11.8 Å². The second-order valence-electron chi connectivity index (χ2n) is 3.81. The lowest BCUT2D eigenvalue weighted by molar-refractivity contribution is 0.205. The van der Waals surface area contributed by atoms with Gasteiger partial charge in [-0.15, -0.1) is 0 Å². The molecule has 1 rings (SSSR count). The molecule has 0 aliphatic heterocycles. The Hall–Kier alpha value is -1.31. The molecule has 0 aliphatic carbocycles. The molecule has 0 aromatic heterocycles. The van der Waals surface area contributed by atoms with Gasteiger partial charge in [0.1, 0.15) is 4.90 Å². The van der Waals surface area contributed by atoms with E-state index in [4.69, 9.17) is 15.6 Å². The van der Waals surface area contributed by atoms with E-state index in [0.717, 1.165) is 0 Å². The molecule has 102 valence electrons. The van der Waals surface area contributed by atoms with Gasteiger partial charge in [-0.1, -0.05) is 6.07 Å². The molecule has 0 saturated heterocycles. The number of nitrogen functional groups attached to an aromatic ring is 1. The van der Waals surface area contributed by atoms with Crippen LogP contribution >= 0.6 is 0 Å². The summed E-state index contributed by atoms with van der Waals surface area (Å²) >= 11 is 0. The van der Waals surface area contributed by atoms with Crippen LogP contribution in [0.4, 0.5) is 11.4 Å². The Morgan fingerprint density at radius 3 is 2.56 bits per heavy atom. The second-order valence-corrected chi connectivity index (χ2v) is 5.34. The van der Waals surface area contributed by atoms with Crippen LogP contribution in [-0.2, 0) is 14.8 Å². The number of primary sulfonamides is 1. The van der Waals surface area contributed by atoms with E-state index in [1.54, 1.807) is 19.2 Å². The molecule has 0 saturated carbocycles. The van der Waals surface area contributed by atoms with Gasteiger partial charge < -0.3 is 15.4 Å². The average molecular weight is 273 g/mol. The smallest absolute Gasteiger partial charge is 0.240 e. The van der Waals surface area contributed by atoms with Crippen molar-refractivity contribution >= 4 is 21.4 Å². The van der Waals surface area contributed by atoms with Gasteiger partial charge in [0.25, 0.3) is 0 Å². The van der Waals surface area contributed by atoms with Crippen LogP contribution in [0.3, 0.4) is 0 Å². The molecule has 6 nitrogen and oxygen atoms in total. The van der Waals surface area contributed by atoms with Crippen molar-refractivity contribution < 1.29 is 13.2 Å². The number of hydrogen-bond donors (Lipinski definition) is 2. The Morgan fingerprint density at radius 2 is 2.06 bits per heavy atom. The summed E-state index contributed by atoms with van der Waals surface area (Å²) in [4.78, 5) is 1.89. The highest BCUT2D eigenvalue weighted by atomic mass is 32.2. The maximum Gasteiger partial charge on any atom is 0.240 e. The summed E-state index contributed by atoms with van der Waals surface area (Å²) in [5.41, 5.74) is 6.71. The van der Waals surface area contributed by atoms with E-state index in [0.29, 0.717) is 25.4 Å². The van der Waals surface area contributed by atoms with Gasteiger partial charge in [0.2, 0.25) is 10.0 Å². The normalized spacial score (nSPS) is 11.5. The van der Waals surface area contributed by atoms with E-state index >= 15 is 0 Å². The van der Waals surface area contributed by atoms with Crippen LogP contribution < -0.4 is 15.8 Å². The van der Waals surface area contributed by atoms with E-state index in [1.165, 1.54) is 6.07 Å². The lowest BCUT2D eigenvalue weighted by atomic mass is 10.2. The van der Waals surface area contributed by atoms with Gasteiger partial charge in [0.05, 0.1) is 18.0 Å². The Bertz CT molecular complexity index is 502. The highest BCUT2D eigenvalue weighted by molar-refractivity contribution is 7.89. The first-order valence-electron chi connectivity index (χ1n) is 5.57. The molecule has 0 fully saturated rings. The standard InChI is InChI=1S/C11H19N3O3S/c1-3-14(7-8-17-2)9-5-4-6-10(11(9)12)18(13,15)16/h4-6H,3,7-8,12H2,1-2H3,(H2,13,15,16). The Kier molecular flexibility index (Phi) is 4.94. The van der Waals surface area contributed by atoms with E-state index in [9.17, 15) is 8.42 Å². The zero-order valence-corrected chi connectivity index (χ0v) is 11.4. The van der Waals surface area contributed by atoms with Crippen molar-refractivity contribution in [1.82, 2.24) is 0 Å². The summed E-state index contributed by atoms with van der Waals surface area (Å²) in [7, 11) is -2.19. The number of methoxy groups -OCH3 is 1. The first-order chi connectivity index (χ1) is 8.41. The quantitative estimate of drug-likeness (QED) is 0.730. The molecule has 0 bridgehead atoms. The van der Waals surface area contributed by atoms with Crippen LogP contribution in [0.2, 0.25) is 0 Å². The minimum absolute atomic E-state index is 0.0455. The first-order valence-corrected chi connectivity index (χ1v) is 7.11. The van der Waals surface area contributed by atoms with Gasteiger partial charge in [-0.3, -0.25) is 0 Å². The number of hydrogen-bond acceptors (Lipinski definition) is 5. The van der Waals surface area contributed by atoms with Crippen LogP contribution in [0.1, 0.15) is 6.92 Å². The molecule has 0 heterocycles. The van der Waals surface area contributed by atoms with Crippen molar-refractivity contribution in [2.24, 2.45) is 5.14 Å². The number of ether oxygens (including phenoxy) is 1. The van der Waals surface area contributed by atoms with Crippen molar-refractivity contribution in [2.75, 3.05) is 37.4 Å². The van der Waals surface area contributed by atoms with Crippen LogP contribution in [0.5, 0.6) is 0 Å². The number of nitrogens with zero attached hydrogens (tertiary/aromatic N) is 1. The molecule has 7 heteroatoms. The SMILES string of the molecule is CCN(CCOC)c1cccc(S(N)(=O)=O)c1N. The van der Waals surface area contributed by atoms with Crippen LogP contribution in [0, 0.1) is 0 Å². The molecule has 0 spiro atoms. The maximum absolute atomic E-state index is 11.4. The van der Waals surface area contributed by atoms with Crippen molar-refractivity contribution in [3.05, 3.63) is 18.2 Å². The van der Waals surface area contributed by atoms with Crippen molar-refractivity contribution in [3.63, 3.8) is 0 Å². The number of para-hydroxylation sites is 1. The first kappa shape index (κ1) is 14.7. The molecule has 1 aromatic rings. The fourth-order valence-electron chi connectivity index (χ4n) is 1.71. The largest absolute Gasteiger partial charge is 0.396 e. The summed E-state index contributed by atoms with van der Waals surface area (Å²) in [6.07, 6.45) is 0. The average Bonchev–Trinajstić information content (AvgIpc) is 2.30. The van der Waals surface area contributed by atoms with Crippen LogP contribution in [0.15, 0.2) is 23.1 Å². The number of sulfonamides is 1. The summed E-state index contributed by atoms with van der Waals surface area (Å²) in [6, 6.07) is 4.79. The monoisotopic (exact) mass is 273 g/mol. The summed E-state index contributed by atoms with van der Waals surface area (Å²) in [6.45, 7) is 3.82. The lowest BCUT2D eigenvalue weighted by Crippen LogP contribution is -2.28. The molecule has 0 radical (unpaired) electrons. The van der Waals surface area contributed by atoms with Gasteiger partial charge in [-0.05, 0) is 19.1 Å². The number of rotatable bonds is 6. The third-order valence-electron chi connectivity index (χ3n) is 2.64. The number of anilines is 2. The lowest BCUT2D eigenvalue weighted by Gasteiger charge is -2.25. The number of benzene rings is 1. The zero-order chi connectivity index (χ0) is 13.8. The topological polar surface area (TPSA) is 98.6 Å². The minimum Gasteiger partial charge on any atom is -0.396 e. The molecular formula is C11H19N3O3S. The molecule has 4 N–H and O–H groups in total. The van der Waals surface area contributed by atoms with Crippen molar-refractivity contribution in [1.29, 1.82) is 0 Å². The molecule has 1 aromatic carbocycles. The third-order valence-corrected chi connectivity index (χ3v) is 3.61. The zero-order valence-electron chi connectivity index (χ0n) is 10.6. The van der Waals surface area contributed by atoms with Gasteiger partial charge in [0.15, 0.2) is 0 Å². The van der Waals surface area contributed by atoms with Gasteiger partial charge >= 0.3 is 0 Å².